The summed E-state index contributed by atoms with van der Waals surface area (Å²) in [5, 5.41) is 10.1. The monoisotopic (exact) mass is 265 g/mol. The summed E-state index contributed by atoms with van der Waals surface area (Å²) in [4.78, 5) is 2.85. The summed E-state index contributed by atoms with van der Waals surface area (Å²) in [6, 6.07) is 2.14. The van der Waals surface area contributed by atoms with Crippen LogP contribution in [-0.4, -0.2) is 20.2 Å². The molecule has 1 saturated heterocycles. The Morgan fingerprint density at radius 1 is 1.44 bits per heavy atom. The highest BCUT2D eigenvalue weighted by atomic mass is 32.1. The van der Waals surface area contributed by atoms with Gasteiger partial charge in [-0.3, -0.25) is 0 Å². The molecular weight excluding hydrogens is 246 g/mol. The normalized spacial score (nSPS) is 23.8. The van der Waals surface area contributed by atoms with E-state index in [0.29, 0.717) is 22.2 Å². The largest absolute Gasteiger partial charge is 0.492 e. The van der Waals surface area contributed by atoms with Gasteiger partial charge in [0.25, 0.3) is 0 Å². The molecule has 1 aliphatic rings. The molecule has 2 rings (SSSR count). The summed E-state index contributed by atoms with van der Waals surface area (Å²) in [5.74, 6) is 2.07. The molecule has 1 aliphatic heterocycles. The molecule has 2 atom stereocenters. The summed E-state index contributed by atoms with van der Waals surface area (Å²) in [6.07, 6.45) is 1.17. The van der Waals surface area contributed by atoms with Crippen LogP contribution in [0.1, 0.15) is 25.1 Å². The van der Waals surface area contributed by atoms with Crippen molar-refractivity contribution >= 4 is 22.0 Å². The van der Waals surface area contributed by atoms with E-state index in [-0.39, 0.29) is 0 Å². The maximum atomic E-state index is 9.05. The lowest BCUT2D eigenvalue weighted by Crippen LogP contribution is -2.38. The fraction of sp³-hybridized carbons (Fsp3) is 0.615. The molecule has 1 aromatic heterocycles. The number of nitrogens with zero attached hydrogens (tertiary/aromatic N) is 2. The zero-order chi connectivity index (χ0) is 13.3. The van der Waals surface area contributed by atoms with E-state index < -0.39 is 0 Å². The van der Waals surface area contributed by atoms with Crippen molar-refractivity contribution in [2.45, 2.75) is 20.3 Å². The predicted molar refractivity (Wildman–Crippen MR) is 75.2 cm³/mol. The predicted octanol–water partition coefficient (Wildman–Crippen LogP) is 2.69. The fourth-order valence-electron chi connectivity index (χ4n) is 2.35. The lowest BCUT2D eigenvalue weighted by molar-refractivity contribution is 0.322. The van der Waals surface area contributed by atoms with E-state index in [4.69, 9.17) is 15.7 Å². The van der Waals surface area contributed by atoms with Crippen LogP contribution >= 0.6 is 11.3 Å². The van der Waals surface area contributed by atoms with Gasteiger partial charge in [-0.15, -0.1) is 11.3 Å². The number of hydrogen-bond donors (Lipinski definition) is 1. The summed E-state index contributed by atoms with van der Waals surface area (Å²) in [5.41, 5.74) is 6.41. The van der Waals surface area contributed by atoms with Gasteiger partial charge < -0.3 is 15.4 Å². The number of nitrogens with two attached hydrogens (primary N) is 1. The highest BCUT2D eigenvalue weighted by Gasteiger charge is 2.28. The average molecular weight is 265 g/mol. The molecule has 98 valence electrons. The van der Waals surface area contributed by atoms with Crippen LogP contribution in [0.4, 0.5) is 10.7 Å². The molecule has 0 aromatic carbocycles. The van der Waals surface area contributed by atoms with Crippen molar-refractivity contribution in [3.63, 3.8) is 0 Å². The molecule has 2 N–H and O–H groups in total. The number of ether oxygens (including phenoxy) is 1. The van der Waals surface area contributed by atoms with E-state index >= 15 is 0 Å². The van der Waals surface area contributed by atoms with E-state index in [1.54, 1.807) is 7.11 Å². The number of hydrogen-bond acceptors (Lipinski definition) is 5. The Kier molecular flexibility index (Phi) is 3.67. The van der Waals surface area contributed by atoms with Crippen LogP contribution in [0.3, 0.4) is 0 Å². The molecule has 4 nitrogen and oxygen atoms in total. The Morgan fingerprint density at radius 3 is 2.72 bits per heavy atom. The van der Waals surface area contributed by atoms with Gasteiger partial charge in [-0.2, -0.15) is 5.26 Å². The molecule has 0 spiro atoms. The first-order valence-electron chi connectivity index (χ1n) is 6.19. The van der Waals surface area contributed by atoms with Crippen LogP contribution in [0, 0.1) is 23.2 Å². The Hall–Kier alpha value is -1.41. The fourth-order valence-corrected chi connectivity index (χ4v) is 3.37. The van der Waals surface area contributed by atoms with Crippen LogP contribution in [0.5, 0.6) is 5.75 Å². The molecule has 0 radical (unpaired) electrons. The maximum absolute atomic E-state index is 9.05. The first-order chi connectivity index (χ1) is 8.58. The zero-order valence-corrected chi connectivity index (χ0v) is 11.9. The number of thiophene rings is 1. The maximum Gasteiger partial charge on any atom is 0.177 e. The third-order valence-corrected chi connectivity index (χ3v) is 4.96. The SMILES string of the molecule is COc1c(N2CCC(C)C(C)C2)sc(C#N)c1N. The lowest BCUT2D eigenvalue weighted by Gasteiger charge is -2.36. The Labute approximate surface area is 112 Å². The van der Waals surface area contributed by atoms with Crippen molar-refractivity contribution in [1.82, 2.24) is 0 Å². The van der Waals surface area contributed by atoms with E-state index in [2.05, 4.69) is 24.8 Å². The van der Waals surface area contributed by atoms with Crippen LogP contribution < -0.4 is 15.4 Å². The van der Waals surface area contributed by atoms with Gasteiger partial charge in [0, 0.05) is 13.1 Å². The number of rotatable bonds is 2. The number of methoxy groups -OCH3 is 1. The molecule has 1 fully saturated rings. The van der Waals surface area contributed by atoms with Gasteiger partial charge in [0.2, 0.25) is 0 Å². The Morgan fingerprint density at radius 2 is 2.17 bits per heavy atom. The number of nitrogen functional groups attached to an aromatic ring is 1. The first kappa shape index (κ1) is 13.0. The molecule has 0 bridgehead atoms. The first-order valence-corrected chi connectivity index (χ1v) is 7.01. The minimum absolute atomic E-state index is 0.478. The van der Waals surface area contributed by atoms with Gasteiger partial charge in [-0.25, -0.2) is 0 Å². The second kappa shape index (κ2) is 5.07. The van der Waals surface area contributed by atoms with Crippen LogP contribution in [0.25, 0.3) is 0 Å². The highest BCUT2D eigenvalue weighted by molar-refractivity contribution is 7.17. The van der Waals surface area contributed by atoms with Gasteiger partial charge in [0.1, 0.15) is 21.6 Å². The zero-order valence-electron chi connectivity index (χ0n) is 11.1. The Bertz CT molecular complexity index is 477. The van der Waals surface area contributed by atoms with E-state index in [1.165, 1.54) is 17.8 Å². The van der Waals surface area contributed by atoms with Crippen LogP contribution in [0.15, 0.2) is 0 Å². The van der Waals surface area contributed by atoms with Gasteiger partial charge in [-0.05, 0) is 18.3 Å². The van der Waals surface area contributed by atoms with Gasteiger partial charge in [0.05, 0.1) is 7.11 Å². The van der Waals surface area contributed by atoms with E-state index in [9.17, 15) is 0 Å². The summed E-state index contributed by atoms with van der Waals surface area (Å²) in [7, 11) is 1.61. The smallest absolute Gasteiger partial charge is 0.177 e. The third kappa shape index (κ3) is 2.13. The van der Waals surface area contributed by atoms with E-state index in [0.717, 1.165) is 24.0 Å². The average Bonchev–Trinajstić information content (AvgIpc) is 2.69. The molecular formula is C13H19N3OS. The van der Waals surface area contributed by atoms with Crippen molar-refractivity contribution in [1.29, 1.82) is 5.26 Å². The molecule has 1 aromatic rings. The lowest BCUT2D eigenvalue weighted by atomic mass is 9.89. The number of nitriles is 1. The minimum atomic E-state index is 0.478. The van der Waals surface area contributed by atoms with Crippen molar-refractivity contribution in [2.24, 2.45) is 11.8 Å². The minimum Gasteiger partial charge on any atom is -0.492 e. The number of piperidine rings is 1. The highest BCUT2D eigenvalue weighted by Crippen LogP contribution is 2.45. The van der Waals surface area contributed by atoms with Gasteiger partial charge in [-0.1, -0.05) is 13.8 Å². The molecule has 5 heteroatoms. The third-order valence-electron chi connectivity index (χ3n) is 3.81. The van der Waals surface area contributed by atoms with Crippen molar-refractivity contribution in [3.8, 4) is 11.8 Å². The summed E-state index contributed by atoms with van der Waals surface area (Å²) in [6.45, 7) is 6.57. The van der Waals surface area contributed by atoms with Crippen molar-refractivity contribution in [2.75, 3.05) is 30.8 Å². The standard InChI is InChI=1S/C13H19N3OS/c1-8-4-5-16(7-9(8)2)13-12(17-3)11(15)10(6-14)18-13/h8-9H,4-5,7,15H2,1-3H3. The number of anilines is 2. The molecule has 0 amide bonds. The summed E-state index contributed by atoms with van der Waals surface area (Å²) < 4.78 is 5.37. The van der Waals surface area contributed by atoms with Crippen LogP contribution in [-0.2, 0) is 0 Å². The molecule has 0 saturated carbocycles. The molecule has 2 heterocycles. The van der Waals surface area contributed by atoms with Gasteiger partial charge in [0.15, 0.2) is 5.75 Å². The summed E-state index contributed by atoms with van der Waals surface area (Å²) >= 11 is 1.44. The van der Waals surface area contributed by atoms with Gasteiger partial charge >= 0.3 is 0 Å². The second-order valence-electron chi connectivity index (χ2n) is 4.98. The van der Waals surface area contributed by atoms with E-state index in [1.807, 2.05) is 0 Å². The van der Waals surface area contributed by atoms with Crippen LogP contribution in [0.2, 0.25) is 0 Å². The van der Waals surface area contributed by atoms with Crippen molar-refractivity contribution in [3.05, 3.63) is 4.88 Å². The Balaban J connectivity index is 2.31. The molecule has 2 unspecified atom stereocenters. The van der Waals surface area contributed by atoms with Crippen molar-refractivity contribution < 1.29 is 4.74 Å². The quantitative estimate of drug-likeness (QED) is 0.893. The molecule has 0 aliphatic carbocycles. The topological polar surface area (TPSA) is 62.3 Å². The molecule has 18 heavy (non-hydrogen) atoms. The second-order valence-corrected chi connectivity index (χ2v) is 5.98.